The fourth-order valence-electron chi connectivity index (χ4n) is 2.98. The van der Waals surface area contributed by atoms with E-state index in [2.05, 4.69) is 6.92 Å². The highest BCUT2D eigenvalue weighted by atomic mass is 16.5. The van der Waals surface area contributed by atoms with Crippen molar-refractivity contribution < 1.29 is 19.4 Å². The van der Waals surface area contributed by atoms with E-state index in [0.717, 1.165) is 32.4 Å². The van der Waals surface area contributed by atoms with E-state index in [9.17, 15) is 14.7 Å². The van der Waals surface area contributed by atoms with Gasteiger partial charge in [0.25, 0.3) is 0 Å². The number of carbonyl (C=O) groups is 2. The molecule has 0 aliphatic carbocycles. The molecule has 1 N–H and O–H groups in total. The molecule has 0 bridgehead atoms. The van der Waals surface area contributed by atoms with E-state index >= 15 is 0 Å². The van der Waals surface area contributed by atoms with Gasteiger partial charge in [-0.2, -0.15) is 0 Å². The Labute approximate surface area is 119 Å². The molecule has 2 rings (SSSR count). The van der Waals surface area contributed by atoms with Crippen molar-refractivity contribution in [1.82, 2.24) is 9.80 Å². The molecule has 2 aliphatic rings. The fourth-order valence-corrected chi connectivity index (χ4v) is 2.98. The van der Waals surface area contributed by atoms with E-state index < -0.39 is 11.9 Å². The Balaban J connectivity index is 1.99. The highest BCUT2D eigenvalue weighted by molar-refractivity contribution is 5.77. The molecule has 2 aliphatic heterocycles. The second-order valence-electron chi connectivity index (χ2n) is 5.97. The van der Waals surface area contributed by atoms with E-state index in [1.165, 1.54) is 0 Å². The van der Waals surface area contributed by atoms with Gasteiger partial charge in [0, 0.05) is 20.1 Å². The predicted octanol–water partition coefficient (Wildman–Crippen LogP) is 1.26. The lowest BCUT2D eigenvalue weighted by Crippen LogP contribution is -2.50. The summed E-state index contributed by atoms with van der Waals surface area (Å²) in [5, 5.41) is 9.17. The minimum atomic E-state index is -0.892. The van der Waals surface area contributed by atoms with Gasteiger partial charge in [-0.15, -0.1) is 0 Å². The van der Waals surface area contributed by atoms with E-state index in [4.69, 9.17) is 4.74 Å². The van der Waals surface area contributed by atoms with Crippen molar-refractivity contribution >= 4 is 12.0 Å². The van der Waals surface area contributed by atoms with E-state index in [0.29, 0.717) is 12.5 Å². The van der Waals surface area contributed by atoms with E-state index in [-0.39, 0.29) is 18.7 Å². The topological polar surface area (TPSA) is 70.1 Å². The van der Waals surface area contributed by atoms with Crippen molar-refractivity contribution in [3.63, 3.8) is 0 Å². The lowest BCUT2D eigenvalue weighted by molar-refractivity contribution is -0.142. The van der Waals surface area contributed by atoms with Crippen LogP contribution in [-0.2, 0) is 9.53 Å². The third-order valence-electron chi connectivity index (χ3n) is 4.45. The zero-order valence-corrected chi connectivity index (χ0v) is 12.2. The van der Waals surface area contributed by atoms with Crippen molar-refractivity contribution in [2.24, 2.45) is 11.8 Å². The Bertz CT molecular complexity index is 374. The summed E-state index contributed by atoms with van der Waals surface area (Å²) < 4.78 is 5.24. The first-order valence-corrected chi connectivity index (χ1v) is 7.33. The Morgan fingerprint density at radius 1 is 1.25 bits per heavy atom. The standard InChI is InChI=1S/C14H24N2O4/c1-10-4-3-6-16(7-5-10)14(19)15(2)12-9-20-8-11(12)13(17)18/h10-12H,3-9H2,1-2H3,(H,17,18). The summed E-state index contributed by atoms with van der Waals surface area (Å²) in [6.45, 7) is 4.23. The zero-order valence-electron chi connectivity index (χ0n) is 12.2. The zero-order chi connectivity index (χ0) is 14.7. The summed E-state index contributed by atoms with van der Waals surface area (Å²) in [5.41, 5.74) is 0. The van der Waals surface area contributed by atoms with Crippen molar-refractivity contribution in [1.29, 1.82) is 0 Å². The van der Waals surface area contributed by atoms with Crippen molar-refractivity contribution in [2.45, 2.75) is 32.2 Å². The molecule has 0 spiro atoms. The van der Waals surface area contributed by atoms with Crippen LogP contribution in [0.1, 0.15) is 26.2 Å². The van der Waals surface area contributed by atoms with Gasteiger partial charge >= 0.3 is 12.0 Å². The number of hydrogen-bond acceptors (Lipinski definition) is 3. The van der Waals surface area contributed by atoms with Gasteiger partial charge in [0.15, 0.2) is 0 Å². The van der Waals surface area contributed by atoms with E-state index in [1.807, 2.05) is 4.90 Å². The van der Waals surface area contributed by atoms with Gasteiger partial charge in [-0.25, -0.2) is 4.79 Å². The summed E-state index contributed by atoms with van der Waals surface area (Å²) in [7, 11) is 1.69. The maximum atomic E-state index is 12.5. The molecular weight excluding hydrogens is 260 g/mol. The number of nitrogens with zero attached hydrogens (tertiary/aromatic N) is 2. The van der Waals surface area contributed by atoms with Gasteiger partial charge < -0.3 is 19.6 Å². The molecule has 0 aromatic carbocycles. The summed E-state index contributed by atoms with van der Waals surface area (Å²) in [5.74, 6) is -0.855. The van der Waals surface area contributed by atoms with Crippen LogP contribution in [0.15, 0.2) is 0 Å². The number of carbonyl (C=O) groups excluding carboxylic acids is 1. The predicted molar refractivity (Wildman–Crippen MR) is 73.5 cm³/mol. The Kier molecular flexibility index (Phi) is 4.86. The van der Waals surface area contributed by atoms with Crippen LogP contribution in [0, 0.1) is 11.8 Å². The Morgan fingerprint density at radius 3 is 2.70 bits per heavy atom. The van der Waals surface area contributed by atoms with Crippen molar-refractivity contribution in [2.75, 3.05) is 33.4 Å². The molecule has 6 heteroatoms. The van der Waals surface area contributed by atoms with Crippen LogP contribution in [0.25, 0.3) is 0 Å². The second-order valence-corrected chi connectivity index (χ2v) is 5.97. The van der Waals surface area contributed by atoms with Gasteiger partial charge in [0.2, 0.25) is 0 Å². The number of amides is 2. The number of likely N-dealkylation sites (N-methyl/N-ethyl adjacent to an activating group) is 1. The molecule has 20 heavy (non-hydrogen) atoms. The molecule has 2 amide bonds. The summed E-state index contributed by atoms with van der Waals surface area (Å²) in [6, 6.07) is -0.429. The summed E-state index contributed by atoms with van der Waals surface area (Å²) >= 11 is 0. The first-order valence-electron chi connectivity index (χ1n) is 7.33. The van der Waals surface area contributed by atoms with Crippen LogP contribution < -0.4 is 0 Å². The number of ether oxygens (including phenoxy) is 1. The van der Waals surface area contributed by atoms with Gasteiger partial charge in [0.05, 0.1) is 19.3 Å². The number of carboxylic acids is 1. The molecule has 0 radical (unpaired) electrons. The number of likely N-dealkylation sites (tertiary alicyclic amines) is 1. The summed E-state index contributed by atoms with van der Waals surface area (Å²) in [4.78, 5) is 27.1. The average Bonchev–Trinajstić information content (AvgIpc) is 2.81. The molecule has 2 saturated heterocycles. The van der Waals surface area contributed by atoms with Crippen molar-refractivity contribution in [3.05, 3.63) is 0 Å². The maximum absolute atomic E-state index is 12.5. The number of aliphatic carboxylic acids is 1. The number of rotatable bonds is 2. The quantitative estimate of drug-likeness (QED) is 0.828. The van der Waals surface area contributed by atoms with Crippen molar-refractivity contribution in [3.8, 4) is 0 Å². The summed E-state index contributed by atoms with van der Waals surface area (Å²) in [6.07, 6.45) is 3.19. The highest BCUT2D eigenvalue weighted by Gasteiger charge is 2.39. The Hall–Kier alpha value is -1.30. The lowest BCUT2D eigenvalue weighted by atomic mass is 10.0. The van der Waals surface area contributed by atoms with Gasteiger partial charge in [0.1, 0.15) is 5.92 Å². The molecular formula is C14H24N2O4. The SMILES string of the molecule is CC1CCCN(C(=O)N(C)C2COCC2C(=O)O)CC1. The molecule has 3 atom stereocenters. The van der Waals surface area contributed by atoms with Crippen LogP contribution >= 0.6 is 0 Å². The first-order chi connectivity index (χ1) is 9.50. The Morgan fingerprint density at radius 2 is 2.00 bits per heavy atom. The highest BCUT2D eigenvalue weighted by Crippen LogP contribution is 2.22. The van der Waals surface area contributed by atoms with E-state index in [1.54, 1.807) is 11.9 Å². The third kappa shape index (κ3) is 3.23. The lowest BCUT2D eigenvalue weighted by Gasteiger charge is -2.32. The molecule has 0 aromatic rings. The van der Waals surface area contributed by atoms with Gasteiger partial charge in [-0.1, -0.05) is 6.92 Å². The monoisotopic (exact) mass is 284 g/mol. The molecule has 2 heterocycles. The third-order valence-corrected chi connectivity index (χ3v) is 4.45. The van der Waals surface area contributed by atoms with Crippen LogP contribution in [0.2, 0.25) is 0 Å². The van der Waals surface area contributed by atoms with Gasteiger partial charge in [-0.3, -0.25) is 4.79 Å². The minimum Gasteiger partial charge on any atom is -0.481 e. The van der Waals surface area contributed by atoms with Gasteiger partial charge in [-0.05, 0) is 25.2 Å². The normalized spacial score (nSPS) is 30.9. The first kappa shape index (κ1) is 15.1. The van der Waals surface area contributed by atoms with Crippen LogP contribution in [0.4, 0.5) is 4.79 Å². The largest absolute Gasteiger partial charge is 0.481 e. The molecule has 0 aromatic heterocycles. The average molecular weight is 284 g/mol. The molecule has 3 unspecified atom stereocenters. The molecule has 2 fully saturated rings. The smallest absolute Gasteiger partial charge is 0.320 e. The number of hydrogen-bond donors (Lipinski definition) is 1. The number of urea groups is 1. The molecule has 114 valence electrons. The maximum Gasteiger partial charge on any atom is 0.320 e. The molecule has 6 nitrogen and oxygen atoms in total. The van der Waals surface area contributed by atoms with Crippen LogP contribution in [0.5, 0.6) is 0 Å². The molecule has 0 saturated carbocycles. The minimum absolute atomic E-state index is 0.0687. The van der Waals surface area contributed by atoms with Crippen LogP contribution in [0.3, 0.4) is 0 Å². The fraction of sp³-hybridized carbons (Fsp3) is 0.857. The number of carboxylic acid groups (broad SMARTS) is 1. The van der Waals surface area contributed by atoms with Crippen LogP contribution in [-0.4, -0.2) is 66.3 Å². The second kappa shape index (κ2) is 6.43.